The second-order valence-electron chi connectivity index (χ2n) is 6.81. The van der Waals surface area contributed by atoms with Crippen molar-refractivity contribution in [3.63, 3.8) is 0 Å². The standard InChI is InChI=1S/C16H26OSi/c1-9-14-11-15(13(3)10-12(14)2)17-18(7,8)16(4,5)6/h1,15H,3,10-11H2,2,4-8H3/t15-/m1/s1. The zero-order chi connectivity index (χ0) is 14.1. The first-order valence-corrected chi connectivity index (χ1v) is 9.50. The van der Waals surface area contributed by atoms with Crippen LogP contribution < -0.4 is 0 Å². The van der Waals surface area contributed by atoms with Crippen LogP contribution in [0.2, 0.25) is 18.1 Å². The Balaban J connectivity index is 2.88. The lowest BCUT2D eigenvalue weighted by molar-refractivity contribution is 0.208. The molecule has 0 N–H and O–H groups in total. The molecule has 0 saturated heterocycles. The Labute approximate surface area is 113 Å². The van der Waals surface area contributed by atoms with E-state index in [0.717, 1.165) is 18.4 Å². The van der Waals surface area contributed by atoms with Crippen molar-refractivity contribution in [1.82, 2.24) is 0 Å². The lowest BCUT2D eigenvalue weighted by Crippen LogP contribution is -2.44. The summed E-state index contributed by atoms with van der Waals surface area (Å²) < 4.78 is 6.45. The molecule has 1 rings (SSSR count). The number of allylic oxidation sites excluding steroid dienone is 1. The second-order valence-corrected chi connectivity index (χ2v) is 11.6. The molecule has 1 nitrogen and oxygen atoms in total. The molecule has 1 atom stereocenters. The van der Waals surface area contributed by atoms with Crippen LogP contribution in [0.25, 0.3) is 0 Å². The van der Waals surface area contributed by atoms with Crippen molar-refractivity contribution in [2.45, 2.75) is 64.8 Å². The fourth-order valence-electron chi connectivity index (χ4n) is 1.90. The molecule has 1 aliphatic carbocycles. The summed E-state index contributed by atoms with van der Waals surface area (Å²) in [5.41, 5.74) is 3.56. The molecule has 0 unspecified atom stereocenters. The van der Waals surface area contributed by atoms with Gasteiger partial charge >= 0.3 is 0 Å². The fourth-order valence-corrected chi connectivity index (χ4v) is 3.22. The average Bonchev–Trinajstić information content (AvgIpc) is 2.20. The van der Waals surface area contributed by atoms with E-state index in [1.165, 1.54) is 11.1 Å². The first-order valence-electron chi connectivity index (χ1n) is 6.59. The molecule has 0 amide bonds. The van der Waals surface area contributed by atoms with Gasteiger partial charge in [0.05, 0.1) is 6.10 Å². The lowest BCUT2D eigenvalue weighted by Gasteiger charge is -2.41. The Morgan fingerprint density at radius 2 is 1.94 bits per heavy atom. The second kappa shape index (κ2) is 5.07. The minimum Gasteiger partial charge on any atom is -0.410 e. The number of rotatable bonds is 2. The summed E-state index contributed by atoms with van der Waals surface area (Å²) in [4.78, 5) is 0. The van der Waals surface area contributed by atoms with Gasteiger partial charge in [-0.1, -0.05) is 38.8 Å². The molecule has 1 aliphatic rings. The molecule has 0 aromatic rings. The highest BCUT2D eigenvalue weighted by Crippen LogP contribution is 2.40. The van der Waals surface area contributed by atoms with Crippen molar-refractivity contribution in [2.75, 3.05) is 0 Å². The van der Waals surface area contributed by atoms with E-state index in [-0.39, 0.29) is 11.1 Å². The normalized spacial score (nSPS) is 22.1. The first kappa shape index (κ1) is 15.3. The van der Waals surface area contributed by atoms with Gasteiger partial charge in [0, 0.05) is 12.0 Å². The van der Waals surface area contributed by atoms with Gasteiger partial charge in [-0.25, -0.2) is 0 Å². The number of hydrogen-bond donors (Lipinski definition) is 0. The van der Waals surface area contributed by atoms with E-state index in [4.69, 9.17) is 10.8 Å². The predicted octanol–water partition coefficient (Wildman–Crippen LogP) is 4.68. The number of hydrogen-bond acceptors (Lipinski definition) is 1. The molecular formula is C16H26OSi. The maximum atomic E-state index is 6.45. The van der Waals surface area contributed by atoms with Gasteiger partial charge in [-0.2, -0.15) is 0 Å². The summed E-state index contributed by atoms with van der Waals surface area (Å²) >= 11 is 0. The van der Waals surface area contributed by atoms with Crippen molar-refractivity contribution >= 4 is 8.32 Å². The molecule has 0 aliphatic heterocycles. The quantitative estimate of drug-likeness (QED) is 0.399. The Morgan fingerprint density at radius 3 is 2.39 bits per heavy atom. The molecule has 0 aromatic carbocycles. The van der Waals surface area contributed by atoms with Crippen LogP contribution in [0.15, 0.2) is 23.3 Å². The lowest BCUT2D eigenvalue weighted by atomic mass is 9.88. The zero-order valence-corrected chi connectivity index (χ0v) is 13.7. The van der Waals surface area contributed by atoms with Crippen molar-refractivity contribution in [1.29, 1.82) is 0 Å². The van der Waals surface area contributed by atoms with E-state index in [2.05, 4.69) is 53.3 Å². The smallest absolute Gasteiger partial charge is 0.192 e. The molecule has 0 heterocycles. The zero-order valence-electron chi connectivity index (χ0n) is 12.7. The SMILES string of the molecule is C#CC1=C(C)CC(=C)[C@H](O[Si](C)(C)C(C)(C)C)C1. The monoisotopic (exact) mass is 262 g/mol. The van der Waals surface area contributed by atoms with Crippen LogP contribution in [0.1, 0.15) is 40.5 Å². The van der Waals surface area contributed by atoms with Crippen LogP contribution in [0.5, 0.6) is 0 Å². The molecule has 0 spiro atoms. The molecule has 0 aromatic heterocycles. The van der Waals surface area contributed by atoms with Crippen LogP contribution in [0.3, 0.4) is 0 Å². The van der Waals surface area contributed by atoms with Crippen LogP contribution in [0, 0.1) is 12.3 Å². The third kappa shape index (κ3) is 3.16. The minimum absolute atomic E-state index is 0.112. The molecule has 18 heavy (non-hydrogen) atoms. The van der Waals surface area contributed by atoms with Gasteiger partial charge < -0.3 is 4.43 Å². The van der Waals surface area contributed by atoms with E-state index in [1.807, 2.05) is 0 Å². The Morgan fingerprint density at radius 1 is 1.39 bits per heavy atom. The molecule has 2 heteroatoms. The highest BCUT2D eigenvalue weighted by Gasteiger charge is 2.40. The van der Waals surface area contributed by atoms with Crippen LogP contribution >= 0.6 is 0 Å². The molecular weight excluding hydrogens is 236 g/mol. The first-order chi connectivity index (χ1) is 8.08. The summed E-state index contributed by atoms with van der Waals surface area (Å²) in [5.74, 6) is 2.80. The summed E-state index contributed by atoms with van der Waals surface area (Å²) in [6.07, 6.45) is 7.40. The third-order valence-electron chi connectivity index (χ3n) is 4.27. The van der Waals surface area contributed by atoms with E-state index in [1.54, 1.807) is 0 Å². The van der Waals surface area contributed by atoms with Gasteiger partial charge in [-0.15, -0.1) is 6.42 Å². The van der Waals surface area contributed by atoms with Crippen LogP contribution in [-0.2, 0) is 4.43 Å². The number of terminal acetylenes is 1. The fraction of sp³-hybridized carbons (Fsp3) is 0.625. The van der Waals surface area contributed by atoms with Crippen molar-refractivity contribution in [3.05, 3.63) is 23.3 Å². The third-order valence-corrected chi connectivity index (χ3v) is 8.76. The molecule has 0 saturated carbocycles. The van der Waals surface area contributed by atoms with E-state index < -0.39 is 8.32 Å². The minimum atomic E-state index is -1.75. The van der Waals surface area contributed by atoms with E-state index >= 15 is 0 Å². The van der Waals surface area contributed by atoms with Gasteiger partial charge in [-0.05, 0) is 37.0 Å². The summed E-state index contributed by atoms with van der Waals surface area (Å²) in [7, 11) is -1.75. The highest BCUT2D eigenvalue weighted by molar-refractivity contribution is 6.74. The largest absolute Gasteiger partial charge is 0.410 e. The van der Waals surface area contributed by atoms with Crippen LogP contribution in [-0.4, -0.2) is 14.4 Å². The van der Waals surface area contributed by atoms with E-state index in [9.17, 15) is 0 Å². The van der Waals surface area contributed by atoms with Crippen molar-refractivity contribution in [3.8, 4) is 12.3 Å². The highest BCUT2D eigenvalue weighted by atomic mass is 28.4. The van der Waals surface area contributed by atoms with Crippen molar-refractivity contribution < 1.29 is 4.43 Å². The van der Waals surface area contributed by atoms with Gasteiger partial charge in [0.15, 0.2) is 8.32 Å². The maximum absolute atomic E-state index is 6.45. The van der Waals surface area contributed by atoms with Gasteiger partial charge in [0.1, 0.15) is 0 Å². The van der Waals surface area contributed by atoms with Crippen LogP contribution in [0.4, 0.5) is 0 Å². The molecule has 0 fully saturated rings. The summed E-state index contributed by atoms with van der Waals surface area (Å²) in [6.45, 7) is 17.6. The average molecular weight is 262 g/mol. The molecule has 0 bridgehead atoms. The maximum Gasteiger partial charge on any atom is 0.192 e. The molecule has 100 valence electrons. The Kier molecular flexibility index (Phi) is 4.30. The summed E-state index contributed by atoms with van der Waals surface area (Å²) in [5, 5.41) is 0.222. The van der Waals surface area contributed by atoms with Gasteiger partial charge in [-0.3, -0.25) is 0 Å². The predicted molar refractivity (Wildman–Crippen MR) is 82.0 cm³/mol. The summed E-state index contributed by atoms with van der Waals surface area (Å²) in [6, 6.07) is 0. The van der Waals surface area contributed by atoms with E-state index in [0.29, 0.717) is 0 Å². The Bertz CT molecular complexity index is 415. The van der Waals surface area contributed by atoms with Gasteiger partial charge in [0.2, 0.25) is 0 Å². The van der Waals surface area contributed by atoms with Crippen molar-refractivity contribution in [2.24, 2.45) is 0 Å². The Hall–Kier alpha value is -0.783. The topological polar surface area (TPSA) is 9.23 Å². The molecule has 0 radical (unpaired) electrons. The van der Waals surface area contributed by atoms with Gasteiger partial charge in [0.25, 0.3) is 0 Å².